The van der Waals surface area contributed by atoms with Crippen LogP contribution in [0.5, 0.6) is 11.5 Å². The van der Waals surface area contributed by atoms with E-state index in [-0.39, 0.29) is 0 Å². The number of hydrogen-bond donors (Lipinski definition) is 0. The minimum absolute atomic E-state index is 0.565. The van der Waals surface area contributed by atoms with E-state index >= 15 is 0 Å². The highest BCUT2D eigenvalue weighted by Gasteiger charge is 2.21. The Kier molecular flexibility index (Phi) is 10.3. The maximum absolute atomic E-state index is 6.04. The van der Waals surface area contributed by atoms with Gasteiger partial charge in [-0.2, -0.15) is 0 Å². The van der Waals surface area contributed by atoms with Gasteiger partial charge in [0, 0.05) is 0 Å². The molecule has 0 saturated carbocycles. The lowest BCUT2D eigenvalue weighted by molar-refractivity contribution is 0.303. The van der Waals surface area contributed by atoms with Crippen molar-refractivity contribution in [1.29, 1.82) is 0 Å². The zero-order valence-electron chi connectivity index (χ0n) is 25.0. The van der Waals surface area contributed by atoms with Crippen molar-refractivity contribution in [2.45, 2.75) is 89.3 Å². The molecule has 2 fully saturated rings. The number of aryl methyl sites for hydroxylation is 2. The lowest BCUT2D eigenvalue weighted by Crippen LogP contribution is -1.98. The quantitative estimate of drug-likeness (QED) is 0.0838. The molecule has 0 aromatic heterocycles. The van der Waals surface area contributed by atoms with Crippen LogP contribution < -0.4 is 9.47 Å². The van der Waals surface area contributed by atoms with E-state index in [4.69, 9.17) is 18.9 Å². The van der Waals surface area contributed by atoms with Gasteiger partial charge >= 0.3 is 0 Å². The molecule has 222 valence electrons. The van der Waals surface area contributed by atoms with Gasteiger partial charge in [-0.1, -0.05) is 87.1 Å². The van der Waals surface area contributed by atoms with Gasteiger partial charge in [0.05, 0.1) is 38.6 Å². The second-order valence-corrected chi connectivity index (χ2v) is 12.2. The number of ether oxygens (including phenoxy) is 4. The van der Waals surface area contributed by atoms with Gasteiger partial charge in [-0.05, 0) is 95.5 Å². The molecule has 0 amide bonds. The normalized spacial score (nSPS) is 17.5. The van der Waals surface area contributed by atoms with E-state index in [1.54, 1.807) is 0 Å². The average Bonchev–Trinajstić information content (AvgIpc) is 3.95. The van der Waals surface area contributed by atoms with Crippen molar-refractivity contribution in [2.24, 2.45) is 0 Å². The molecule has 42 heavy (non-hydrogen) atoms. The highest BCUT2D eigenvalue weighted by molar-refractivity contribution is 5.85. The van der Waals surface area contributed by atoms with Crippen molar-refractivity contribution in [1.82, 2.24) is 0 Å². The molecule has 2 atom stereocenters. The Bertz CT molecular complexity index is 1310. The molecule has 0 bridgehead atoms. The summed E-state index contributed by atoms with van der Waals surface area (Å²) in [5.41, 5.74) is 2.75. The molecule has 4 heteroatoms. The first kappa shape index (κ1) is 29.0. The Morgan fingerprint density at radius 1 is 0.476 bits per heavy atom. The number of fused-ring (bicyclic) bond motifs is 2. The first-order valence-corrected chi connectivity index (χ1v) is 16.3. The predicted octanol–water partition coefficient (Wildman–Crippen LogP) is 9.23. The number of benzene rings is 4. The molecule has 2 saturated heterocycles. The van der Waals surface area contributed by atoms with Crippen molar-refractivity contribution in [3.63, 3.8) is 0 Å². The van der Waals surface area contributed by atoms with Gasteiger partial charge < -0.3 is 18.9 Å². The van der Waals surface area contributed by atoms with Crippen LogP contribution in [0.2, 0.25) is 0 Å². The third-order valence-corrected chi connectivity index (χ3v) is 8.64. The smallest absolute Gasteiger partial charge is 0.119 e. The van der Waals surface area contributed by atoms with Gasteiger partial charge in [-0.15, -0.1) is 0 Å². The molecule has 4 aromatic carbocycles. The molecule has 6 rings (SSSR count). The van der Waals surface area contributed by atoms with E-state index in [1.807, 2.05) is 0 Å². The first-order chi connectivity index (χ1) is 20.8. The van der Waals surface area contributed by atoms with Gasteiger partial charge in [-0.25, -0.2) is 0 Å². The van der Waals surface area contributed by atoms with Crippen LogP contribution in [0.25, 0.3) is 21.5 Å². The molecule has 0 N–H and O–H groups in total. The molecule has 2 aliphatic heterocycles. The van der Waals surface area contributed by atoms with Crippen LogP contribution in [0.4, 0.5) is 0 Å². The summed E-state index contributed by atoms with van der Waals surface area (Å²) < 4.78 is 22.6. The van der Waals surface area contributed by atoms with Gasteiger partial charge in [0.15, 0.2) is 0 Å². The Morgan fingerprint density at radius 2 is 0.881 bits per heavy atom. The fraction of sp³-hybridized carbons (Fsp3) is 0.474. The molecular weight excluding hydrogens is 520 g/mol. The van der Waals surface area contributed by atoms with Crippen molar-refractivity contribution in [2.75, 3.05) is 26.4 Å². The first-order valence-electron chi connectivity index (χ1n) is 16.3. The van der Waals surface area contributed by atoms with E-state index in [0.29, 0.717) is 12.2 Å². The lowest BCUT2D eigenvalue weighted by atomic mass is 9.99. The molecule has 4 nitrogen and oxygen atoms in total. The highest BCUT2D eigenvalue weighted by Crippen LogP contribution is 2.26. The number of rotatable bonds is 19. The zero-order valence-corrected chi connectivity index (χ0v) is 25.0. The summed E-state index contributed by atoms with van der Waals surface area (Å²) in [5, 5.41) is 5.04. The summed E-state index contributed by atoms with van der Waals surface area (Å²) in [6.45, 7) is 3.54. The van der Waals surface area contributed by atoms with Crippen LogP contribution >= 0.6 is 0 Å². The molecule has 4 aromatic rings. The van der Waals surface area contributed by atoms with Crippen molar-refractivity contribution < 1.29 is 18.9 Å². The van der Waals surface area contributed by atoms with Crippen LogP contribution in [0.3, 0.4) is 0 Å². The van der Waals surface area contributed by atoms with Crippen LogP contribution in [0.15, 0.2) is 72.8 Å². The van der Waals surface area contributed by atoms with Crippen molar-refractivity contribution in [3.8, 4) is 11.5 Å². The Labute approximate surface area is 251 Å². The Balaban J connectivity index is 0.923. The van der Waals surface area contributed by atoms with Gasteiger partial charge in [-0.3, -0.25) is 0 Å². The van der Waals surface area contributed by atoms with E-state index in [0.717, 1.165) is 63.6 Å². The Hall–Kier alpha value is -3.08. The third-order valence-electron chi connectivity index (χ3n) is 8.64. The standard InChI is InChI=1S/C38H46O4/c1(5-9-37-27-41-37)3-7-21-39-35-19-17-31-23-29(13-15-33(31)25-35)11-12-30-14-16-34-26-36(20-18-32(34)24-30)40-22-8-4-2-6-10-38-28-42-38/h13-20,23-26,37-38H,1-12,21-22,27-28H2. The van der Waals surface area contributed by atoms with Crippen molar-refractivity contribution >= 4 is 21.5 Å². The molecule has 0 radical (unpaired) electrons. The van der Waals surface area contributed by atoms with Gasteiger partial charge in [0.25, 0.3) is 0 Å². The minimum Gasteiger partial charge on any atom is -0.494 e. The number of unbranched alkanes of at least 4 members (excludes halogenated alkanes) is 6. The molecule has 2 heterocycles. The van der Waals surface area contributed by atoms with E-state index in [1.165, 1.54) is 84.0 Å². The maximum Gasteiger partial charge on any atom is 0.119 e. The second-order valence-electron chi connectivity index (χ2n) is 12.2. The molecular formula is C38H46O4. The van der Waals surface area contributed by atoms with Crippen LogP contribution in [0, 0.1) is 0 Å². The summed E-state index contributed by atoms with van der Waals surface area (Å²) in [7, 11) is 0. The predicted molar refractivity (Wildman–Crippen MR) is 172 cm³/mol. The highest BCUT2D eigenvalue weighted by atomic mass is 16.6. The topological polar surface area (TPSA) is 43.5 Å². The van der Waals surface area contributed by atoms with Crippen molar-refractivity contribution in [3.05, 3.63) is 83.9 Å². The fourth-order valence-electron chi connectivity index (χ4n) is 5.83. The molecule has 0 spiro atoms. The summed E-state index contributed by atoms with van der Waals surface area (Å²) in [4.78, 5) is 0. The summed E-state index contributed by atoms with van der Waals surface area (Å²) >= 11 is 0. The van der Waals surface area contributed by atoms with E-state index in [9.17, 15) is 0 Å². The van der Waals surface area contributed by atoms with E-state index < -0.39 is 0 Å². The summed E-state index contributed by atoms with van der Waals surface area (Å²) in [5.74, 6) is 1.95. The van der Waals surface area contributed by atoms with E-state index in [2.05, 4.69) is 72.8 Å². The number of hydrogen-bond acceptors (Lipinski definition) is 4. The zero-order chi connectivity index (χ0) is 28.4. The average molecular weight is 567 g/mol. The van der Waals surface area contributed by atoms with Gasteiger partial charge in [0.1, 0.15) is 11.5 Å². The van der Waals surface area contributed by atoms with Gasteiger partial charge in [0.2, 0.25) is 0 Å². The summed E-state index contributed by atoms with van der Waals surface area (Å²) in [6.07, 6.45) is 15.4. The molecule has 0 aliphatic carbocycles. The number of epoxide rings is 2. The fourth-order valence-corrected chi connectivity index (χ4v) is 5.83. The second kappa shape index (κ2) is 14.9. The van der Waals surface area contributed by atoms with Crippen LogP contribution in [0.1, 0.15) is 75.3 Å². The summed E-state index contributed by atoms with van der Waals surface area (Å²) in [6, 6.07) is 26.6. The molecule has 2 unspecified atom stereocenters. The van der Waals surface area contributed by atoms with Crippen LogP contribution in [-0.2, 0) is 22.3 Å². The lowest BCUT2D eigenvalue weighted by Gasteiger charge is -2.10. The molecule has 2 aliphatic rings. The Morgan fingerprint density at radius 3 is 1.33 bits per heavy atom. The largest absolute Gasteiger partial charge is 0.494 e. The minimum atomic E-state index is 0.565. The van der Waals surface area contributed by atoms with Crippen LogP contribution in [-0.4, -0.2) is 38.6 Å². The maximum atomic E-state index is 6.04. The third kappa shape index (κ3) is 9.21. The monoisotopic (exact) mass is 566 g/mol. The SMILES string of the molecule is c1cc2cc(OCCCCCCC3CO3)ccc2cc1CCc1ccc2cc(OCCCCCCC3CO3)ccc2c1.